The van der Waals surface area contributed by atoms with Crippen LogP contribution in [0, 0.1) is 0 Å². The van der Waals surface area contributed by atoms with Gasteiger partial charge in [-0.1, -0.05) is 25.7 Å². The Balaban J connectivity index is 2.57. The number of unbranched alkanes of at least 4 members (excludes halogenated alkanes) is 5. The minimum absolute atomic E-state index is 0.204. The maximum absolute atomic E-state index is 11.6. The van der Waals surface area contributed by atoms with Gasteiger partial charge in [0.05, 0.1) is 7.11 Å². The molecule has 0 aromatic heterocycles. The number of aliphatic hydroxyl groups is 1. The van der Waals surface area contributed by atoms with Crippen LogP contribution in [0.4, 0.5) is 0 Å². The molecule has 0 aromatic rings. The Labute approximate surface area is 194 Å². The summed E-state index contributed by atoms with van der Waals surface area (Å²) in [5.41, 5.74) is 0. The first kappa shape index (κ1) is 28.8. The number of carbonyl (C=O) groups is 4. The van der Waals surface area contributed by atoms with Gasteiger partial charge in [-0.2, -0.15) is 0 Å². The van der Waals surface area contributed by atoms with E-state index in [9.17, 15) is 24.3 Å². The van der Waals surface area contributed by atoms with Crippen molar-refractivity contribution in [2.24, 2.45) is 0 Å². The van der Waals surface area contributed by atoms with Crippen LogP contribution in [0.15, 0.2) is 0 Å². The molecule has 0 spiro atoms. The number of hydrogen-bond acceptors (Lipinski definition) is 11. The molecular weight excluding hydrogens is 440 g/mol. The van der Waals surface area contributed by atoms with Crippen molar-refractivity contribution in [2.45, 2.75) is 96.4 Å². The van der Waals surface area contributed by atoms with E-state index in [1.54, 1.807) is 0 Å². The predicted octanol–water partition coefficient (Wildman–Crippen LogP) is 1.42. The average molecular weight is 477 g/mol. The van der Waals surface area contributed by atoms with Crippen molar-refractivity contribution in [1.82, 2.24) is 0 Å². The first-order valence-electron chi connectivity index (χ1n) is 11.2. The number of esters is 4. The van der Waals surface area contributed by atoms with Crippen molar-refractivity contribution in [2.75, 3.05) is 20.3 Å². The molecule has 0 saturated carbocycles. The van der Waals surface area contributed by atoms with E-state index in [1.807, 2.05) is 0 Å². The highest BCUT2D eigenvalue weighted by atomic mass is 16.7. The molecule has 0 aliphatic carbocycles. The Morgan fingerprint density at radius 2 is 1.39 bits per heavy atom. The van der Waals surface area contributed by atoms with E-state index in [1.165, 1.54) is 14.0 Å². The Hall–Kier alpha value is -2.24. The maximum Gasteiger partial charge on any atom is 0.305 e. The second-order valence-corrected chi connectivity index (χ2v) is 7.80. The number of aliphatic hydroxyl groups excluding tert-OH is 1. The highest BCUT2D eigenvalue weighted by molar-refractivity contribution is 5.69. The molecule has 1 heterocycles. The Morgan fingerprint density at radius 3 is 1.97 bits per heavy atom. The second kappa shape index (κ2) is 15.6. The highest BCUT2D eigenvalue weighted by Gasteiger charge is 2.50. The predicted molar refractivity (Wildman–Crippen MR) is 113 cm³/mol. The van der Waals surface area contributed by atoms with Gasteiger partial charge in [-0.05, 0) is 12.8 Å². The summed E-state index contributed by atoms with van der Waals surface area (Å²) in [5, 5.41) is 10.7. The monoisotopic (exact) mass is 476 g/mol. The largest absolute Gasteiger partial charge is 0.469 e. The third-order valence-corrected chi connectivity index (χ3v) is 4.95. The normalized spacial score (nSPS) is 24.6. The number of methoxy groups -OCH3 is 1. The van der Waals surface area contributed by atoms with Gasteiger partial charge in [-0.3, -0.25) is 19.2 Å². The zero-order valence-corrected chi connectivity index (χ0v) is 19.8. The van der Waals surface area contributed by atoms with E-state index in [0.717, 1.165) is 46.0 Å². The van der Waals surface area contributed by atoms with Crippen LogP contribution >= 0.6 is 0 Å². The van der Waals surface area contributed by atoms with E-state index in [4.69, 9.17) is 23.7 Å². The lowest BCUT2D eigenvalue weighted by Gasteiger charge is -2.42. The Kier molecular flexibility index (Phi) is 13.6. The molecule has 1 rings (SSSR count). The van der Waals surface area contributed by atoms with Crippen molar-refractivity contribution >= 4 is 23.9 Å². The smallest absolute Gasteiger partial charge is 0.305 e. The second-order valence-electron chi connectivity index (χ2n) is 7.80. The fourth-order valence-electron chi connectivity index (χ4n) is 3.41. The van der Waals surface area contributed by atoms with E-state index >= 15 is 0 Å². The molecule has 11 heteroatoms. The van der Waals surface area contributed by atoms with Gasteiger partial charge in [-0.15, -0.1) is 0 Å². The number of carbonyl (C=O) groups excluding carboxylic acids is 4. The highest BCUT2D eigenvalue weighted by Crippen LogP contribution is 2.28. The van der Waals surface area contributed by atoms with Crippen LogP contribution in [0.1, 0.15) is 65.7 Å². The fourth-order valence-corrected chi connectivity index (χ4v) is 3.41. The summed E-state index contributed by atoms with van der Waals surface area (Å²) in [7, 11) is 1.37. The molecule has 0 bridgehead atoms. The lowest BCUT2D eigenvalue weighted by Crippen LogP contribution is -2.61. The number of hydrogen-bond donors (Lipinski definition) is 1. The first-order chi connectivity index (χ1) is 15.6. The fraction of sp³-hybridized carbons (Fsp3) is 0.818. The van der Waals surface area contributed by atoms with Crippen LogP contribution in [0.2, 0.25) is 0 Å². The molecule has 5 atom stereocenters. The lowest BCUT2D eigenvalue weighted by molar-refractivity contribution is -0.305. The molecule has 0 aromatic carbocycles. The van der Waals surface area contributed by atoms with Gasteiger partial charge >= 0.3 is 23.9 Å². The minimum atomic E-state index is -1.41. The van der Waals surface area contributed by atoms with Crippen LogP contribution < -0.4 is 0 Å². The molecule has 33 heavy (non-hydrogen) atoms. The topological polar surface area (TPSA) is 144 Å². The molecule has 5 unspecified atom stereocenters. The number of rotatable bonds is 14. The van der Waals surface area contributed by atoms with Gasteiger partial charge in [-0.25, -0.2) is 0 Å². The van der Waals surface area contributed by atoms with Crippen LogP contribution in [0.3, 0.4) is 0 Å². The standard InChI is InChI=1S/C22H36O11/c1-14(23)30-13-17-20(31-15(2)24)21(32-16(3)25)19(27)22(33-17)29-12-10-8-6-5-7-9-11-18(26)28-4/h17,19-22,27H,5-13H2,1-4H3. The summed E-state index contributed by atoms with van der Waals surface area (Å²) in [6.07, 6.45) is -0.353. The van der Waals surface area contributed by atoms with Crippen LogP contribution in [-0.4, -0.2) is 80.0 Å². The molecule has 1 aliphatic rings. The third kappa shape index (κ3) is 11.4. The van der Waals surface area contributed by atoms with Crippen LogP contribution in [0.25, 0.3) is 0 Å². The zero-order chi connectivity index (χ0) is 24.8. The number of ether oxygens (including phenoxy) is 6. The lowest BCUT2D eigenvalue weighted by atomic mass is 9.98. The van der Waals surface area contributed by atoms with Gasteiger partial charge in [0.25, 0.3) is 0 Å². The summed E-state index contributed by atoms with van der Waals surface area (Å²) >= 11 is 0. The molecule has 1 N–H and O–H groups in total. The van der Waals surface area contributed by atoms with Gasteiger partial charge in [0.1, 0.15) is 18.8 Å². The molecule has 0 radical (unpaired) electrons. The van der Waals surface area contributed by atoms with Gasteiger partial charge in [0.2, 0.25) is 0 Å². The van der Waals surface area contributed by atoms with E-state index in [0.29, 0.717) is 12.8 Å². The molecule has 1 saturated heterocycles. The van der Waals surface area contributed by atoms with Gasteiger partial charge in [0.15, 0.2) is 18.5 Å². The maximum atomic E-state index is 11.6. The van der Waals surface area contributed by atoms with E-state index < -0.39 is 48.6 Å². The van der Waals surface area contributed by atoms with E-state index in [-0.39, 0.29) is 19.2 Å². The van der Waals surface area contributed by atoms with Crippen molar-refractivity contribution < 1.29 is 52.7 Å². The summed E-state index contributed by atoms with van der Waals surface area (Å²) in [6, 6.07) is 0. The summed E-state index contributed by atoms with van der Waals surface area (Å²) in [4.78, 5) is 45.4. The summed E-state index contributed by atoms with van der Waals surface area (Å²) < 4.78 is 31.3. The zero-order valence-electron chi connectivity index (χ0n) is 19.8. The van der Waals surface area contributed by atoms with Crippen LogP contribution in [0.5, 0.6) is 0 Å². The minimum Gasteiger partial charge on any atom is -0.469 e. The van der Waals surface area contributed by atoms with Crippen molar-refractivity contribution in [1.29, 1.82) is 0 Å². The van der Waals surface area contributed by atoms with Gasteiger partial charge in [0, 0.05) is 33.8 Å². The molecular formula is C22H36O11. The van der Waals surface area contributed by atoms with Crippen molar-refractivity contribution in [3.05, 3.63) is 0 Å². The van der Waals surface area contributed by atoms with Crippen molar-refractivity contribution in [3.63, 3.8) is 0 Å². The molecule has 11 nitrogen and oxygen atoms in total. The van der Waals surface area contributed by atoms with E-state index in [2.05, 4.69) is 4.74 Å². The molecule has 190 valence electrons. The Morgan fingerprint density at radius 1 is 0.818 bits per heavy atom. The van der Waals surface area contributed by atoms with Gasteiger partial charge < -0.3 is 33.5 Å². The molecule has 1 fully saturated rings. The molecule has 1 aliphatic heterocycles. The molecule has 0 amide bonds. The SMILES string of the molecule is COC(=O)CCCCCCCCOC1OC(COC(C)=O)C(OC(C)=O)C(OC(C)=O)C1O. The summed E-state index contributed by atoms with van der Waals surface area (Å²) in [6.45, 7) is 3.54. The first-order valence-corrected chi connectivity index (χ1v) is 11.2. The van der Waals surface area contributed by atoms with Crippen LogP contribution in [-0.2, 0) is 47.6 Å². The average Bonchev–Trinajstić information content (AvgIpc) is 2.74. The van der Waals surface area contributed by atoms with Crippen molar-refractivity contribution in [3.8, 4) is 0 Å². The Bertz CT molecular complexity index is 636. The third-order valence-electron chi connectivity index (χ3n) is 4.95. The quantitative estimate of drug-likeness (QED) is 0.221. The summed E-state index contributed by atoms with van der Waals surface area (Å²) in [5.74, 6) is -2.13.